The van der Waals surface area contributed by atoms with Crippen LogP contribution in [0.25, 0.3) is 33.4 Å². The van der Waals surface area contributed by atoms with Crippen molar-refractivity contribution in [1.82, 2.24) is 45.0 Å². The molecule has 1 aromatic carbocycles. The monoisotopic (exact) mass is 949 g/mol. The number of carbonyl (C=O) groups excluding carboxylic acids is 5. The van der Waals surface area contributed by atoms with Crippen LogP contribution in [0.5, 0.6) is 0 Å². The topological polar surface area (TPSA) is 172 Å². The third-order valence-corrected chi connectivity index (χ3v) is 15.2. The van der Waals surface area contributed by atoms with Gasteiger partial charge in [-0.3, -0.25) is 29.2 Å². The minimum atomic E-state index is -1.09. The molecule has 0 unspecified atom stereocenters. The number of cyclic esters (lactones) is 1. The molecule has 0 spiro atoms. The first-order valence-corrected chi connectivity index (χ1v) is 25.0. The molecule has 17 heteroatoms. The summed E-state index contributed by atoms with van der Waals surface area (Å²) in [5.74, 6) is -1.67. The Bertz CT molecular complexity index is 2570. The molecular formula is C51H67N9O7S. The number of nitrogens with zero attached hydrogens (tertiary/aromatic N) is 7. The lowest BCUT2D eigenvalue weighted by atomic mass is 9.84. The van der Waals surface area contributed by atoms with E-state index in [4.69, 9.17) is 19.4 Å². The normalized spacial score (nSPS) is 22.9. The van der Waals surface area contributed by atoms with Crippen molar-refractivity contribution in [2.45, 2.75) is 117 Å². The molecule has 0 aliphatic carbocycles. The number of rotatable bonds is 9. The second kappa shape index (κ2) is 20.1. The van der Waals surface area contributed by atoms with E-state index in [-0.39, 0.29) is 48.9 Å². The fraction of sp³-hybridized carbons (Fsp3) is 0.549. The van der Waals surface area contributed by atoms with Gasteiger partial charge in [-0.05, 0) is 93.7 Å². The molecule has 6 atom stereocenters. The molecule has 364 valence electrons. The maximum Gasteiger partial charge on any atom is 0.324 e. The van der Waals surface area contributed by atoms with E-state index in [1.807, 2.05) is 37.1 Å². The number of urea groups is 1. The molecular weight excluding hydrogens is 883 g/mol. The second-order valence-electron chi connectivity index (χ2n) is 20.0. The molecule has 5 amide bonds. The fourth-order valence-electron chi connectivity index (χ4n) is 10.8. The van der Waals surface area contributed by atoms with Gasteiger partial charge in [0.15, 0.2) is 0 Å². The minimum absolute atomic E-state index is 0.0766. The molecule has 4 aliphatic rings. The van der Waals surface area contributed by atoms with Gasteiger partial charge in [0.05, 0.1) is 40.8 Å². The van der Waals surface area contributed by atoms with Gasteiger partial charge in [0, 0.05) is 92.3 Å². The number of fused-ring (bicyclic) bond motifs is 7. The van der Waals surface area contributed by atoms with Crippen LogP contribution < -0.4 is 10.7 Å². The number of aryl methyl sites for hydroxylation is 1. The first-order chi connectivity index (χ1) is 32.5. The van der Waals surface area contributed by atoms with Crippen LogP contribution in [0.3, 0.4) is 0 Å². The molecule has 16 nitrogen and oxygen atoms in total. The van der Waals surface area contributed by atoms with E-state index in [1.54, 1.807) is 25.3 Å². The number of methoxy groups -OCH3 is 1. The Morgan fingerprint density at radius 2 is 1.90 bits per heavy atom. The average molecular weight is 950 g/mol. The van der Waals surface area contributed by atoms with Gasteiger partial charge in [-0.1, -0.05) is 40.3 Å². The summed E-state index contributed by atoms with van der Waals surface area (Å²) in [4.78, 5) is 85.2. The van der Waals surface area contributed by atoms with Crippen LogP contribution in [0.2, 0.25) is 0 Å². The number of esters is 1. The van der Waals surface area contributed by atoms with Crippen molar-refractivity contribution < 1.29 is 33.4 Å². The van der Waals surface area contributed by atoms with Crippen molar-refractivity contribution in [2.75, 3.05) is 46.9 Å². The molecule has 4 aromatic rings. The maximum absolute atomic E-state index is 14.7. The Kier molecular flexibility index (Phi) is 14.4. The van der Waals surface area contributed by atoms with Crippen LogP contribution in [0.1, 0.15) is 89.6 Å². The number of ether oxygens (including phenoxy) is 2. The number of hydrogen-bond acceptors (Lipinski definition) is 11. The zero-order chi connectivity index (χ0) is 48.6. The van der Waals surface area contributed by atoms with Crippen molar-refractivity contribution in [3.8, 4) is 22.5 Å². The van der Waals surface area contributed by atoms with Crippen molar-refractivity contribution in [3.63, 3.8) is 0 Å². The van der Waals surface area contributed by atoms with Crippen molar-refractivity contribution in [1.29, 1.82) is 0 Å². The quantitative estimate of drug-likeness (QED) is 0.142. The highest BCUT2D eigenvalue weighted by atomic mass is 32.1. The second-order valence-corrected chi connectivity index (χ2v) is 20.9. The van der Waals surface area contributed by atoms with Gasteiger partial charge in [0.25, 0.3) is 5.91 Å². The number of carbonyl (C=O) groups is 5. The van der Waals surface area contributed by atoms with Crippen LogP contribution in [-0.4, -0.2) is 135 Å². The number of hydrazine groups is 1. The lowest BCUT2D eigenvalue weighted by Gasteiger charge is -2.37. The van der Waals surface area contributed by atoms with Crippen LogP contribution >= 0.6 is 11.3 Å². The number of thiazole rings is 1. The summed E-state index contributed by atoms with van der Waals surface area (Å²) >= 11 is 1.41. The minimum Gasteiger partial charge on any atom is -0.464 e. The summed E-state index contributed by atoms with van der Waals surface area (Å²) in [6, 6.07) is 7.20. The van der Waals surface area contributed by atoms with Gasteiger partial charge >= 0.3 is 12.0 Å². The zero-order valence-corrected chi connectivity index (χ0v) is 41.6. The number of amides is 5. The summed E-state index contributed by atoms with van der Waals surface area (Å²) < 4.78 is 14.3. The highest BCUT2D eigenvalue weighted by Crippen LogP contribution is 2.42. The smallest absolute Gasteiger partial charge is 0.324 e. The Labute approximate surface area is 403 Å². The van der Waals surface area contributed by atoms with Crippen molar-refractivity contribution >= 4 is 52.0 Å². The molecule has 8 rings (SSSR count). The number of likely N-dealkylation sites (tertiary alicyclic amines) is 2. The Morgan fingerprint density at radius 3 is 2.63 bits per heavy atom. The number of nitrogens with one attached hydrogen (secondary N) is 2. The number of likely N-dealkylation sites (N-methyl/N-ethyl adjacent to an activating group) is 1. The average Bonchev–Trinajstić information content (AvgIpc) is 4.07. The number of hydrogen-bond donors (Lipinski definition) is 2. The van der Waals surface area contributed by atoms with Gasteiger partial charge in [-0.15, -0.1) is 11.3 Å². The van der Waals surface area contributed by atoms with Gasteiger partial charge in [0.1, 0.15) is 18.1 Å². The fourth-order valence-corrected chi connectivity index (χ4v) is 11.7. The molecule has 68 heavy (non-hydrogen) atoms. The predicted molar refractivity (Wildman–Crippen MR) is 261 cm³/mol. The number of aromatic nitrogens is 3. The third-order valence-electron chi connectivity index (χ3n) is 14.3. The lowest BCUT2D eigenvalue weighted by molar-refractivity contribution is -0.155. The highest BCUT2D eigenvalue weighted by Gasteiger charge is 2.45. The first kappa shape index (κ1) is 48.8. The molecule has 0 radical (unpaired) electrons. The number of benzene rings is 1. The van der Waals surface area contributed by atoms with E-state index in [1.165, 1.54) is 27.3 Å². The summed E-state index contributed by atoms with van der Waals surface area (Å²) in [6.45, 7) is 18.4. The first-order valence-electron chi connectivity index (χ1n) is 24.1. The molecule has 7 heterocycles. The van der Waals surface area contributed by atoms with Gasteiger partial charge in [0.2, 0.25) is 11.8 Å². The van der Waals surface area contributed by atoms with Gasteiger partial charge in [-0.25, -0.2) is 15.2 Å². The van der Waals surface area contributed by atoms with Crippen LogP contribution in [0.15, 0.2) is 54.6 Å². The van der Waals surface area contributed by atoms with Crippen LogP contribution in [0.4, 0.5) is 4.79 Å². The Morgan fingerprint density at radius 1 is 1.12 bits per heavy atom. The summed E-state index contributed by atoms with van der Waals surface area (Å²) in [5.41, 5.74) is 9.28. The molecule has 3 saturated heterocycles. The van der Waals surface area contributed by atoms with E-state index in [0.29, 0.717) is 57.0 Å². The third kappa shape index (κ3) is 9.66. The standard InChI is InChI=1S/C51H67N9O7S/c1-10-43(61)59-21-13-15-33-26-57(27-41(33)59)50(65)56(8)45(30(3)4)47(62)54-38-24-42-53-39(28-68-42)32-18-19-40-35(23-32)36(46(58(40)11-2)34-16-12-20-52-44(34)31(5)66-9)25-51(6,7)29-67-49(64)37-17-14-22-60(55-37)48(38)63/h10,12,16,18-20,23,28,30-31,33,37-38,41,45,55H,1,11,13-15,17,21-22,24-27,29H2,2-9H3,(H,54,62)/t31-,33-,37-,38-,41+,45-/m0/s1. The largest absolute Gasteiger partial charge is 0.464 e. The SMILES string of the molecule is C=CC(=O)N1CCC[C@H]2CN(C(=O)N(C)[C@H](C(=O)N[C@H]3Cc4nc(cs4)-c4ccc5c(c4)c(c(-c4cccnc4[C@H](C)OC)n5CC)CC(C)(C)COC(=O)[C@@H]4CCCN(N4)C3=O)C(C)C)C[C@H]21. The summed E-state index contributed by atoms with van der Waals surface area (Å²) in [5, 5.41) is 8.15. The lowest BCUT2D eigenvalue weighted by Crippen LogP contribution is -2.62. The maximum atomic E-state index is 14.7. The molecule has 3 fully saturated rings. The molecule has 2 N–H and O–H groups in total. The Balaban J connectivity index is 1.14. The molecule has 6 bridgehead atoms. The van der Waals surface area contributed by atoms with Crippen molar-refractivity contribution in [3.05, 3.63) is 70.8 Å². The zero-order valence-electron chi connectivity index (χ0n) is 40.7. The summed E-state index contributed by atoms with van der Waals surface area (Å²) in [6.07, 6.45) is 6.27. The predicted octanol–water partition coefficient (Wildman–Crippen LogP) is 6.39. The molecule has 4 aliphatic heterocycles. The van der Waals surface area contributed by atoms with E-state index >= 15 is 0 Å². The molecule has 3 aromatic heterocycles. The van der Waals surface area contributed by atoms with E-state index < -0.39 is 41.3 Å². The highest BCUT2D eigenvalue weighted by molar-refractivity contribution is 7.10. The van der Waals surface area contributed by atoms with Gasteiger partial charge < -0.3 is 34.1 Å². The van der Waals surface area contributed by atoms with Crippen LogP contribution in [0, 0.1) is 17.3 Å². The van der Waals surface area contributed by atoms with E-state index in [0.717, 1.165) is 57.5 Å². The summed E-state index contributed by atoms with van der Waals surface area (Å²) in [7, 11) is 3.31. The molecule has 0 saturated carbocycles. The van der Waals surface area contributed by atoms with E-state index in [2.05, 4.69) is 66.9 Å². The van der Waals surface area contributed by atoms with Crippen molar-refractivity contribution in [2.24, 2.45) is 17.3 Å². The Hall–Kier alpha value is -5.65. The van der Waals surface area contributed by atoms with Gasteiger partial charge in [-0.2, -0.15) is 0 Å². The number of pyridine rings is 1. The van der Waals surface area contributed by atoms with E-state index in [9.17, 15) is 24.0 Å². The number of piperidine rings is 1. The van der Waals surface area contributed by atoms with Crippen LogP contribution in [-0.2, 0) is 48.0 Å².